The van der Waals surface area contributed by atoms with Crippen LogP contribution >= 0.6 is 11.8 Å². The smallest absolute Gasteiger partial charge is 0.0863 e. The van der Waals surface area contributed by atoms with Crippen molar-refractivity contribution in [3.8, 4) is 0 Å². The van der Waals surface area contributed by atoms with Gasteiger partial charge in [0.05, 0.1) is 12.7 Å². The highest BCUT2D eigenvalue weighted by Gasteiger charge is 2.15. The summed E-state index contributed by atoms with van der Waals surface area (Å²) in [5.41, 5.74) is 0. The van der Waals surface area contributed by atoms with Gasteiger partial charge in [-0.05, 0) is 19.3 Å². The van der Waals surface area contributed by atoms with E-state index in [2.05, 4.69) is 6.92 Å². The average molecular weight is 331 g/mol. The fourth-order valence-electron chi connectivity index (χ4n) is 3.08. The third kappa shape index (κ3) is 11.8. The molecular weight excluding hydrogens is 292 g/mol. The van der Waals surface area contributed by atoms with Crippen LogP contribution in [0.2, 0.25) is 0 Å². The summed E-state index contributed by atoms with van der Waals surface area (Å²) >= 11 is 1.96. The van der Waals surface area contributed by atoms with E-state index in [9.17, 15) is 5.11 Å². The Morgan fingerprint density at radius 2 is 1.59 bits per heavy atom. The van der Waals surface area contributed by atoms with Gasteiger partial charge in [0.15, 0.2) is 0 Å². The maximum Gasteiger partial charge on any atom is 0.0863 e. The Morgan fingerprint density at radius 3 is 2.27 bits per heavy atom. The van der Waals surface area contributed by atoms with Crippen molar-refractivity contribution in [3.63, 3.8) is 0 Å². The van der Waals surface area contributed by atoms with Crippen molar-refractivity contribution in [1.29, 1.82) is 0 Å². The molecule has 132 valence electrons. The van der Waals surface area contributed by atoms with Crippen molar-refractivity contribution in [2.75, 3.05) is 19.0 Å². The molecule has 0 aromatic heterocycles. The topological polar surface area (TPSA) is 29.5 Å². The number of aliphatic hydroxyl groups is 1. The van der Waals surface area contributed by atoms with Crippen molar-refractivity contribution < 1.29 is 9.84 Å². The zero-order valence-corrected chi connectivity index (χ0v) is 15.5. The number of thioether (sulfide) groups is 1. The summed E-state index contributed by atoms with van der Waals surface area (Å²) in [6.45, 7) is 3.61. The van der Waals surface area contributed by atoms with Gasteiger partial charge in [0.2, 0.25) is 0 Å². The summed E-state index contributed by atoms with van der Waals surface area (Å²) in [6, 6.07) is 0. The standard InChI is InChI=1S/C19H38O2S/c1-2-3-4-5-6-7-8-12-15-21-16-18(20)17-22-19-13-10-9-11-14-19/h18-20H,2-17H2,1H3. The molecule has 0 heterocycles. The number of hydrogen-bond acceptors (Lipinski definition) is 3. The van der Waals surface area contributed by atoms with Crippen molar-refractivity contribution >= 4 is 11.8 Å². The lowest BCUT2D eigenvalue weighted by Crippen LogP contribution is -2.21. The van der Waals surface area contributed by atoms with Crippen LogP contribution in [0.4, 0.5) is 0 Å². The molecule has 2 nitrogen and oxygen atoms in total. The molecule has 0 saturated heterocycles. The molecule has 0 aliphatic heterocycles. The fraction of sp³-hybridized carbons (Fsp3) is 1.00. The van der Waals surface area contributed by atoms with E-state index in [0.717, 1.165) is 24.0 Å². The minimum Gasteiger partial charge on any atom is -0.390 e. The molecule has 0 radical (unpaired) electrons. The molecule has 1 aliphatic rings. The number of ether oxygens (including phenoxy) is 1. The zero-order chi connectivity index (χ0) is 15.9. The van der Waals surface area contributed by atoms with Gasteiger partial charge in [0.1, 0.15) is 0 Å². The first-order valence-corrected chi connectivity index (χ1v) is 10.7. The van der Waals surface area contributed by atoms with E-state index >= 15 is 0 Å². The molecule has 0 amide bonds. The van der Waals surface area contributed by atoms with Crippen LogP contribution in [0.15, 0.2) is 0 Å². The summed E-state index contributed by atoms with van der Waals surface area (Å²) in [5, 5.41) is 10.7. The van der Waals surface area contributed by atoms with E-state index in [0.29, 0.717) is 6.61 Å². The maximum atomic E-state index is 9.96. The first-order valence-electron chi connectivity index (χ1n) is 9.70. The monoisotopic (exact) mass is 330 g/mol. The van der Waals surface area contributed by atoms with Gasteiger partial charge in [-0.1, -0.05) is 71.1 Å². The fourth-order valence-corrected chi connectivity index (χ4v) is 4.34. The molecule has 22 heavy (non-hydrogen) atoms. The van der Waals surface area contributed by atoms with E-state index in [1.807, 2.05) is 11.8 Å². The highest BCUT2D eigenvalue weighted by molar-refractivity contribution is 7.99. The summed E-state index contributed by atoms with van der Waals surface area (Å²) in [4.78, 5) is 0. The second kappa shape index (κ2) is 14.8. The average Bonchev–Trinajstić information content (AvgIpc) is 2.55. The zero-order valence-electron chi connectivity index (χ0n) is 14.7. The molecule has 1 atom stereocenters. The third-order valence-electron chi connectivity index (χ3n) is 4.53. The molecule has 3 heteroatoms. The van der Waals surface area contributed by atoms with Crippen molar-refractivity contribution in [2.45, 2.75) is 102 Å². The predicted molar refractivity (Wildman–Crippen MR) is 98.8 cm³/mol. The van der Waals surface area contributed by atoms with E-state index in [1.54, 1.807) is 0 Å². The van der Waals surface area contributed by atoms with Gasteiger partial charge in [-0.25, -0.2) is 0 Å². The lowest BCUT2D eigenvalue weighted by Gasteiger charge is -2.22. The lowest BCUT2D eigenvalue weighted by molar-refractivity contribution is 0.0467. The Balaban J connectivity index is 1.79. The van der Waals surface area contributed by atoms with Gasteiger partial charge in [-0.2, -0.15) is 11.8 Å². The van der Waals surface area contributed by atoms with E-state index in [-0.39, 0.29) is 6.10 Å². The van der Waals surface area contributed by atoms with Gasteiger partial charge >= 0.3 is 0 Å². The largest absolute Gasteiger partial charge is 0.390 e. The summed E-state index contributed by atoms with van der Waals surface area (Å²) in [6.07, 6.45) is 17.2. The Morgan fingerprint density at radius 1 is 0.955 bits per heavy atom. The van der Waals surface area contributed by atoms with E-state index in [1.165, 1.54) is 77.0 Å². The molecule has 1 unspecified atom stereocenters. The predicted octanol–water partition coefficient (Wildman–Crippen LogP) is 5.57. The summed E-state index contributed by atoms with van der Waals surface area (Å²) < 4.78 is 5.62. The molecule has 0 spiro atoms. The Hall–Kier alpha value is 0.270. The number of rotatable bonds is 14. The molecule has 0 aromatic rings. The SMILES string of the molecule is CCCCCCCCCCOCC(O)CSC1CCCCC1. The van der Waals surface area contributed by atoms with Crippen molar-refractivity contribution in [2.24, 2.45) is 0 Å². The van der Waals surface area contributed by atoms with Gasteiger partial charge in [0, 0.05) is 17.6 Å². The third-order valence-corrected chi connectivity index (χ3v) is 6.05. The Bertz CT molecular complexity index is 229. The molecular formula is C19H38O2S. The number of hydrogen-bond donors (Lipinski definition) is 1. The van der Waals surface area contributed by atoms with Crippen LogP contribution in [0.25, 0.3) is 0 Å². The minimum absolute atomic E-state index is 0.277. The summed E-state index contributed by atoms with van der Waals surface area (Å²) in [5.74, 6) is 0.849. The maximum absolute atomic E-state index is 9.96. The quantitative estimate of drug-likeness (QED) is 0.422. The highest BCUT2D eigenvalue weighted by Crippen LogP contribution is 2.28. The number of aliphatic hydroxyl groups excluding tert-OH is 1. The Labute approximate surface area is 142 Å². The van der Waals surface area contributed by atoms with Crippen molar-refractivity contribution in [1.82, 2.24) is 0 Å². The summed E-state index contributed by atoms with van der Waals surface area (Å²) in [7, 11) is 0. The van der Waals surface area contributed by atoms with E-state index in [4.69, 9.17) is 4.74 Å². The second-order valence-corrected chi connectivity index (χ2v) is 8.13. The van der Waals surface area contributed by atoms with Crippen LogP contribution < -0.4 is 0 Å². The van der Waals surface area contributed by atoms with Crippen LogP contribution in [0.3, 0.4) is 0 Å². The molecule has 1 fully saturated rings. The molecule has 1 N–H and O–H groups in total. The van der Waals surface area contributed by atoms with Crippen LogP contribution in [0, 0.1) is 0 Å². The first kappa shape index (κ1) is 20.3. The molecule has 0 aromatic carbocycles. The molecule has 1 rings (SSSR count). The lowest BCUT2D eigenvalue weighted by atomic mass is 10.0. The number of unbranched alkanes of at least 4 members (excludes halogenated alkanes) is 7. The van der Waals surface area contributed by atoms with Crippen LogP contribution in [-0.2, 0) is 4.74 Å². The molecule has 1 saturated carbocycles. The van der Waals surface area contributed by atoms with Crippen LogP contribution in [0.5, 0.6) is 0 Å². The highest BCUT2D eigenvalue weighted by atomic mass is 32.2. The molecule has 0 bridgehead atoms. The van der Waals surface area contributed by atoms with E-state index < -0.39 is 0 Å². The van der Waals surface area contributed by atoms with Gasteiger partial charge < -0.3 is 9.84 Å². The normalized spacial score (nSPS) is 17.7. The minimum atomic E-state index is -0.277. The van der Waals surface area contributed by atoms with Gasteiger partial charge in [0.25, 0.3) is 0 Å². The van der Waals surface area contributed by atoms with Crippen LogP contribution in [-0.4, -0.2) is 35.4 Å². The second-order valence-electron chi connectivity index (χ2n) is 6.80. The first-order chi connectivity index (χ1) is 10.8. The van der Waals surface area contributed by atoms with Gasteiger partial charge in [-0.3, -0.25) is 0 Å². The Kier molecular flexibility index (Phi) is 13.7. The molecule has 1 aliphatic carbocycles. The van der Waals surface area contributed by atoms with Gasteiger partial charge in [-0.15, -0.1) is 0 Å². The van der Waals surface area contributed by atoms with Crippen LogP contribution in [0.1, 0.15) is 90.4 Å². The van der Waals surface area contributed by atoms with Crippen molar-refractivity contribution in [3.05, 3.63) is 0 Å².